The highest BCUT2D eigenvalue weighted by Crippen LogP contribution is 2.29. The van der Waals surface area contributed by atoms with Crippen molar-refractivity contribution in [3.05, 3.63) is 72.3 Å². The first-order valence-corrected chi connectivity index (χ1v) is 9.62. The second-order valence-electron chi connectivity index (χ2n) is 7.06. The predicted molar refractivity (Wildman–Crippen MR) is 108 cm³/mol. The minimum absolute atomic E-state index is 0.183. The SMILES string of the molecule is O=C(Cc1cnn(-c2ccccc2)c1)Nc1cc(F)ccc1N1CCCCC1. The normalized spacial score (nSPS) is 14.1. The number of carbonyl (C=O) groups is 1. The quantitative estimate of drug-likeness (QED) is 0.725. The Morgan fingerprint density at radius 1 is 1.07 bits per heavy atom. The van der Waals surface area contributed by atoms with E-state index >= 15 is 0 Å². The molecule has 0 unspecified atom stereocenters. The lowest BCUT2D eigenvalue weighted by atomic mass is 10.1. The zero-order chi connectivity index (χ0) is 19.3. The fourth-order valence-electron chi connectivity index (χ4n) is 3.57. The minimum atomic E-state index is -0.354. The minimum Gasteiger partial charge on any atom is -0.370 e. The Hall–Kier alpha value is -3.15. The van der Waals surface area contributed by atoms with E-state index in [4.69, 9.17) is 0 Å². The van der Waals surface area contributed by atoms with Crippen LogP contribution in [0.3, 0.4) is 0 Å². The van der Waals surface area contributed by atoms with Gasteiger partial charge in [-0.3, -0.25) is 4.79 Å². The molecule has 5 nitrogen and oxygen atoms in total. The Labute approximate surface area is 163 Å². The van der Waals surface area contributed by atoms with Gasteiger partial charge in [0, 0.05) is 19.3 Å². The molecule has 1 amide bonds. The van der Waals surface area contributed by atoms with E-state index in [0.717, 1.165) is 42.9 Å². The van der Waals surface area contributed by atoms with Gasteiger partial charge in [-0.25, -0.2) is 9.07 Å². The smallest absolute Gasteiger partial charge is 0.228 e. The number of carbonyl (C=O) groups excluding carboxylic acids is 1. The van der Waals surface area contributed by atoms with Crippen LogP contribution >= 0.6 is 0 Å². The van der Waals surface area contributed by atoms with E-state index < -0.39 is 0 Å². The van der Waals surface area contributed by atoms with Gasteiger partial charge in [0.1, 0.15) is 5.82 Å². The maximum Gasteiger partial charge on any atom is 0.228 e. The number of benzene rings is 2. The highest BCUT2D eigenvalue weighted by Gasteiger charge is 2.17. The fraction of sp³-hybridized carbons (Fsp3) is 0.273. The number of hydrogen-bond acceptors (Lipinski definition) is 3. The molecule has 0 atom stereocenters. The third-order valence-corrected chi connectivity index (χ3v) is 4.95. The predicted octanol–water partition coefficient (Wildman–Crippen LogP) is 4.18. The summed E-state index contributed by atoms with van der Waals surface area (Å²) in [7, 11) is 0. The van der Waals surface area contributed by atoms with Crippen LogP contribution in [0.2, 0.25) is 0 Å². The number of para-hydroxylation sites is 1. The van der Waals surface area contributed by atoms with Gasteiger partial charge in [-0.05, 0) is 55.2 Å². The summed E-state index contributed by atoms with van der Waals surface area (Å²) in [5.74, 6) is -0.538. The van der Waals surface area contributed by atoms with Crippen LogP contribution in [0.1, 0.15) is 24.8 Å². The van der Waals surface area contributed by atoms with Crippen LogP contribution in [0.5, 0.6) is 0 Å². The monoisotopic (exact) mass is 378 g/mol. The van der Waals surface area contributed by atoms with Crippen molar-refractivity contribution in [2.45, 2.75) is 25.7 Å². The van der Waals surface area contributed by atoms with Crippen LogP contribution in [0.4, 0.5) is 15.8 Å². The van der Waals surface area contributed by atoms with Crippen molar-refractivity contribution in [1.82, 2.24) is 9.78 Å². The molecule has 28 heavy (non-hydrogen) atoms. The molecule has 4 rings (SSSR count). The third kappa shape index (κ3) is 4.22. The lowest BCUT2D eigenvalue weighted by Crippen LogP contribution is -2.30. The molecule has 1 N–H and O–H groups in total. The molecule has 1 saturated heterocycles. The van der Waals surface area contributed by atoms with Gasteiger partial charge in [0.05, 0.1) is 29.7 Å². The Kier molecular flexibility index (Phi) is 5.37. The van der Waals surface area contributed by atoms with Crippen LogP contribution in [-0.2, 0) is 11.2 Å². The first-order valence-electron chi connectivity index (χ1n) is 9.62. The Balaban J connectivity index is 1.47. The average Bonchev–Trinajstić information content (AvgIpc) is 3.18. The highest BCUT2D eigenvalue weighted by molar-refractivity contribution is 5.95. The third-order valence-electron chi connectivity index (χ3n) is 4.95. The molecule has 1 fully saturated rings. The van der Waals surface area contributed by atoms with Crippen molar-refractivity contribution in [1.29, 1.82) is 0 Å². The number of piperidine rings is 1. The van der Waals surface area contributed by atoms with Crippen molar-refractivity contribution in [2.24, 2.45) is 0 Å². The summed E-state index contributed by atoms with van der Waals surface area (Å²) in [4.78, 5) is 14.8. The van der Waals surface area contributed by atoms with Crippen molar-refractivity contribution in [3.63, 3.8) is 0 Å². The van der Waals surface area contributed by atoms with Crippen LogP contribution < -0.4 is 10.2 Å². The molecule has 6 heteroatoms. The molecule has 1 aliphatic rings. The van der Waals surface area contributed by atoms with E-state index in [-0.39, 0.29) is 18.1 Å². The van der Waals surface area contributed by atoms with Crippen LogP contribution in [0, 0.1) is 5.82 Å². The summed E-state index contributed by atoms with van der Waals surface area (Å²) in [5.41, 5.74) is 3.15. The van der Waals surface area contributed by atoms with Crippen LogP contribution in [-0.4, -0.2) is 28.8 Å². The summed E-state index contributed by atoms with van der Waals surface area (Å²) >= 11 is 0. The zero-order valence-electron chi connectivity index (χ0n) is 15.6. The van der Waals surface area contributed by atoms with E-state index in [1.54, 1.807) is 16.9 Å². The molecular formula is C22H23FN4O. The number of rotatable bonds is 5. The molecular weight excluding hydrogens is 355 g/mol. The average molecular weight is 378 g/mol. The van der Waals surface area contributed by atoms with Gasteiger partial charge >= 0.3 is 0 Å². The van der Waals surface area contributed by atoms with Crippen molar-refractivity contribution >= 4 is 17.3 Å². The number of anilines is 2. The van der Waals surface area contributed by atoms with Gasteiger partial charge in [-0.15, -0.1) is 0 Å². The summed E-state index contributed by atoms with van der Waals surface area (Å²) in [6.45, 7) is 1.86. The topological polar surface area (TPSA) is 50.2 Å². The number of amides is 1. The zero-order valence-corrected chi connectivity index (χ0v) is 15.6. The lowest BCUT2D eigenvalue weighted by Gasteiger charge is -2.30. The lowest BCUT2D eigenvalue weighted by molar-refractivity contribution is -0.115. The van der Waals surface area contributed by atoms with Gasteiger partial charge in [0.15, 0.2) is 0 Å². The van der Waals surface area contributed by atoms with E-state index in [0.29, 0.717) is 5.69 Å². The molecule has 3 aromatic rings. The van der Waals surface area contributed by atoms with Crippen molar-refractivity contribution in [2.75, 3.05) is 23.3 Å². The molecule has 144 valence electrons. The molecule has 0 radical (unpaired) electrons. The molecule has 0 aliphatic carbocycles. The summed E-state index contributed by atoms with van der Waals surface area (Å²) in [5, 5.41) is 7.21. The summed E-state index contributed by atoms with van der Waals surface area (Å²) in [6.07, 6.45) is 7.15. The van der Waals surface area contributed by atoms with E-state index in [2.05, 4.69) is 15.3 Å². The van der Waals surface area contributed by atoms with Crippen LogP contribution in [0.15, 0.2) is 60.9 Å². The van der Waals surface area contributed by atoms with Crippen LogP contribution in [0.25, 0.3) is 5.69 Å². The van der Waals surface area contributed by atoms with Gasteiger partial charge in [-0.1, -0.05) is 18.2 Å². The molecule has 0 bridgehead atoms. The van der Waals surface area contributed by atoms with Gasteiger partial charge in [0.2, 0.25) is 5.91 Å². The second-order valence-corrected chi connectivity index (χ2v) is 7.06. The molecule has 1 aliphatic heterocycles. The largest absolute Gasteiger partial charge is 0.370 e. The standard InChI is InChI=1S/C22H23FN4O/c23-18-9-10-21(26-11-5-2-6-12-26)20(14-18)25-22(28)13-17-15-24-27(16-17)19-7-3-1-4-8-19/h1,3-4,7-10,14-16H,2,5-6,11-13H2,(H,25,28). The summed E-state index contributed by atoms with van der Waals surface area (Å²) in [6, 6.07) is 14.3. The second kappa shape index (κ2) is 8.25. The number of nitrogens with one attached hydrogen (secondary N) is 1. The molecule has 0 saturated carbocycles. The number of aromatic nitrogens is 2. The Morgan fingerprint density at radius 2 is 1.86 bits per heavy atom. The van der Waals surface area contributed by atoms with Crippen molar-refractivity contribution < 1.29 is 9.18 Å². The van der Waals surface area contributed by atoms with E-state index in [1.807, 2.05) is 36.5 Å². The van der Waals surface area contributed by atoms with Gasteiger partial charge < -0.3 is 10.2 Å². The molecule has 2 heterocycles. The molecule has 1 aromatic heterocycles. The fourth-order valence-corrected chi connectivity index (χ4v) is 3.57. The van der Waals surface area contributed by atoms with E-state index in [9.17, 15) is 9.18 Å². The first kappa shape index (κ1) is 18.2. The maximum atomic E-state index is 13.8. The van der Waals surface area contributed by atoms with Gasteiger partial charge in [0.25, 0.3) is 0 Å². The number of nitrogens with zero attached hydrogens (tertiary/aromatic N) is 3. The molecule has 0 spiro atoms. The number of halogens is 1. The van der Waals surface area contributed by atoms with E-state index in [1.165, 1.54) is 18.6 Å². The first-order chi connectivity index (χ1) is 13.7. The van der Waals surface area contributed by atoms with Crippen molar-refractivity contribution in [3.8, 4) is 5.69 Å². The maximum absolute atomic E-state index is 13.8. The Bertz CT molecular complexity index is 948. The highest BCUT2D eigenvalue weighted by atomic mass is 19.1. The van der Waals surface area contributed by atoms with Gasteiger partial charge in [-0.2, -0.15) is 5.10 Å². The number of hydrogen-bond donors (Lipinski definition) is 1. The summed E-state index contributed by atoms with van der Waals surface area (Å²) < 4.78 is 15.5. The Morgan fingerprint density at radius 3 is 2.64 bits per heavy atom. The molecule has 2 aromatic carbocycles.